The number of nitrogens with one attached hydrogen (secondary N) is 1. The minimum absolute atomic E-state index is 0.0120. The van der Waals surface area contributed by atoms with Crippen LogP contribution in [0.4, 0.5) is 17.3 Å². The van der Waals surface area contributed by atoms with Crippen LogP contribution in [0, 0.1) is 11.3 Å². The van der Waals surface area contributed by atoms with E-state index in [0.717, 1.165) is 6.20 Å². The molecule has 1 amide bonds. The number of methoxy groups -OCH3 is 1. The third-order valence-corrected chi connectivity index (χ3v) is 7.21. The molecule has 0 unspecified atom stereocenters. The number of sulfonamides is 1. The predicted octanol–water partition coefficient (Wildman–Crippen LogP) is 5.80. The number of aromatic nitrogens is 2. The lowest BCUT2D eigenvalue weighted by molar-refractivity contribution is -0.117. The van der Waals surface area contributed by atoms with Crippen molar-refractivity contribution in [2.24, 2.45) is 0 Å². The molecule has 2 heterocycles. The van der Waals surface area contributed by atoms with E-state index in [9.17, 15) is 18.5 Å². The van der Waals surface area contributed by atoms with Gasteiger partial charge in [0.15, 0.2) is 5.82 Å². The lowest BCUT2D eigenvalue weighted by atomic mass is 10.0. The molecule has 0 fully saturated rings. The Morgan fingerprint density at radius 3 is 2.58 bits per heavy atom. The van der Waals surface area contributed by atoms with Crippen molar-refractivity contribution < 1.29 is 22.5 Å². The van der Waals surface area contributed by atoms with Crippen molar-refractivity contribution >= 4 is 56.5 Å². The van der Waals surface area contributed by atoms with Gasteiger partial charge in [-0.3, -0.25) is 14.4 Å². The molecule has 1 N–H and O–H groups in total. The number of rotatable bonds is 8. The van der Waals surface area contributed by atoms with Crippen molar-refractivity contribution in [2.45, 2.75) is 18.2 Å². The standard InChI is InChI=1S/C25H19Cl2N5O5S/c1-3-25(33)32(24-5-4-18(14-29-24)38(34,35)31-23-6-7-37-30-23)21-12-20(27)19(11-22(21)36-2)16-8-15(13-28)9-17(26)10-16/h4-12,14H,3H2,1-2H3,(H,30,31). The second-order valence-corrected chi connectivity index (χ2v) is 10.3. The molecule has 2 aromatic heterocycles. The molecule has 0 saturated heterocycles. The fourth-order valence-electron chi connectivity index (χ4n) is 3.58. The Morgan fingerprint density at radius 2 is 1.97 bits per heavy atom. The van der Waals surface area contributed by atoms with Crippen LogP contribution in [0.1, 0.15) is 18.9 Å². The first-order valence-corrected chi connectivity index (χ1v) is 13.2. The molecule has 0 radical (unpaired) electrons. The summed E-state index contributed by atoms with van der Waals surface area (Å²) in [4.78, 5) is 18.4. The summed E-state index contributed by atoms with van der Waals surface area (Å²) >= 11 is 12.8. The van der Waals surface area contributed by atoms with Crippen LogP contribution in [0.15, 0.2) is 70.4 Å². The van der Waals surface area contributed by atoms with Crippen LogP contribution in [0.25, 0.3) is 11.1 Å². The summed E-state index contributed by atoms with van der Waals surface area (Å²) in [7, 11) is -2.57. The number of anilines is 3. The van der Waals surface area contributed by atoms with Crippen LogP contribution in [-0.2, 0) is 14.8 Å². The normalized spacial score (nSPS) is 11.0. The van der Waals surface area contributed by atoms with Gasteiger partial charge in [-0.1, -0.05) is 35.3 Å². The molecule has 13 heteroatoms. The average molecular weight is 572 g/mol. The van der Waals surface area contributed by atoms with Gasteiger partial charge in [0.05, 0.1) is 29.5 Å². The Balaban J connectivity index is 1.76. The van der Waals surface area contributed by atoms with E-state index in [-0.39, 0.29) is 39.6 Å². The topological polar surface area (TPSA) is 138 Å². The van der Waals surface area contributed by atoms with E-state index in [4.69, 9.17) is 27.9 Å². The molecule has 4 rings (SSSR count). The summed E-state index contributed by atoms with van der Waals surface area (Å²) in [6.07, 6.45) is 2.45. The number of pyridine rings is 1. The van der Waals surface area contributed by atoms with Crippen LogP contribution in [-0.4, -0.2) is 31.6 Å². The molecule has 0 aliphatic rings. The summed E-state index contributed by atoms with van der Waals surface area (Å²) < 4.78 is 37.8. The first-order chi connectivity index (χ1) is 18.2. The Labute approximate surface area is 228 Å². The first-order valence-electron chi connectivity index (χ1n) is 11.0. The summed E-state index contributed by atoms with van der Waals surface area (Å²) in [5, 5.41) is 13.5. The number of nitriles is 1. The highest BCUT2D eigenvalue weighted by Crippen LogP contribution is 2.42. The molecule has 0 atom stereocenters. The number of nitrogens with zero attached hydrogens (tertiary/aromatic N) is 4. The number of amides is 1. The summed E-state index contributed by atoms with van der Waals surface area (Å²) in [5.41, 5.74) is 1.76. The molecule has 0 bridgehead atoms. The molecule has 4 aromatic rings. The fourth-order valence-corrected chi connectivity index (χ4v) is 5.02. The monoisotopic (exact) mass is 571 g/mol. The second-order valence-electron chi connectivity index (χ2n) is 7.77. The van der Waals surface area contributed by atoms with Crippen LogP contribution in [0.2, 0.25) is 10.0 Å². The highest BCUT2D eigenvalue weighted by atomic mass is 35.5. The summed E-state index contributed by atoms with van der Waals surface area (Å²) in [6.45, 7) is 1.67. The Hall–Kier alpha value is -4.11. The highest BCUT2D eigenvalue weighted by Gasteiger charge is 2.25. The smallest absolute Gasteiger partial charge is 0.264 e. The highest BCUT2D eigenvalue weighted by molar-refractivity contribution is 7.92. The largest absolute Gasteiger partial charge is 0.495 e. The zero-order valence-electron chi connectivity index (χ0n) is 20.0. The van der Waals surface area contributed by atoms with Crippen molar-refractivity contribution in [2.75, 3.05) is 16.7 Å². The summed E-state index contributed by atoms with van der Waals surface area (Å²) in [5.74, 6) is 0.105. The zero-order valence-corrected chi connectivity index (χ0v) is 22.3. The molecule has 194 valence electrons. The molecule has 0 aliphatic heterocycles. The van der Waals surface area contributed by atoms with Crippen molar-refractivity contribution in [3.8, 4) is 22.9 Å². The van der Waals surface area contributed by atoms with E-state index < -0.39 is 10.0 Å². The third-order valence-electron chi connectivity index (χ3n) is 5.34. The number of halogens is 2. The van der Waals surface area contributed by atoms with E-state index in [1.807, 2.05) is 0 Å². The quantitative estimate of drug-likeness (QED) is 0.280. The van der Waals surface area contributed by atoms with Gasteiger partial charge in [-0.2, -0.15) is 5.26 Å². The van der Waals surface area contributed by atoms with E-state index in [1.165, 1.54) is 48.6 Å². The van der Waals surface area contributed by atoms with Gasteiger partial charge < -0.3 is 9.26 Å². The molecule has 10 nitrogen and oxygen atoms in total. The van der Waals surface area contributed by atoms with Crippen molar-refractivity contribution in [1.82, 2.24) is 10.1 Å². The van der Waals surface area contributed by atoms with Gasteiger partial charge >= 0.3 is 0 Å². The molecule has 0 spiro atoms. The molecule has 38 heavy (non-hydrogen) atoms. The summed E-state index contributed by atoms with van der Waals surface area (Å²) in [6, 6.07) is 14.1. The first kappa shape index (κ1) is 26.9. The minimum atomic E-state index is -4.00. The van der Waals surface area contributed by atoms with E-state index in [0.29, 0.717) is 27.4 Å². The van der Waals surface area contributed by atoms with E-state index in [1.54, 1.807) is 25.1 Å². The van der Waals surface area contributed by atoms with Gasteiger partial charge in [-0.15, -0.1) is 0 Å². The molecular weight excluding hydrogens is 553 g/mol. The Kier molecular flexibility index (Phi) is 7.87. The molecule has 0 aliphatic carbocycles. The van der Waals surface area contributed by atoms with Gasteiger partial charge in [0.2, 0.25) is 5.91 Å². The number of benzene rings is 2. The van der Waals surface area contributed by atoms with Crippen LogP contribution >= 0.6 is 23.2 Å². The van der Waals surface area contributed by atoms with Crippen LogP contribution < -0.4 is 14.4 Å². The maximum atomic E-state index is 13.1. The number of hydrogen-bond donors (Lipinski definition) is 1. The van der Waals surface area contributed by atoms with Crippen LogP contribution in [0.5, 0.6) is 5.75 Å². The predicted molar refractivity (Wildman–Crippen MR) is 142 cm³/mol. The fraction of sp³-hybridized carbons (Fsp3) is 0.120. The van der Waals surface area contributed by atoms with Gasteiger partial charge in [0.1, 0.15) is 22.7 Å². The lowest BCUT2D eigenvalue weighted by Crippen LogP contribution is -2.26. The Bertz CT molecular complexity index is 1640. The van der Waals surface area contributed by atoms with Gasteiger partial charge in [-0.25, -0.2) is 13.4 Å². The van der Waals surface area contributed by atoms with Gasteiger partial charge in [-0.05, 0) is 48.0 Å². The number of ether oxygens (including phenoxy) is 1. The number of carbonyl (C=O) groups is 1. The second kappa shape index (κ2) is 11.1. The zero-order chi connectivity index (χ0) is 27.4. The maximum absolute atomic E-state index is 13.1. The molecule has 2 aromatic carbocycles. The molecular formula is C25H19Cl2N5O5S. The van der Waals surface area contributed by atoms with Gasteiger partial charge in [0, 0.05) is 29.3 Å². The maximum Gasteiger partial charge on any atom is 0.264 e. The molecule has 0 saturated carbocycles. The SMILES string of the molecule is CCC(=O)N(c1ccc(S(=O)(=O)Nc2ccon2)cn1)c1cc(Cl)c(-c2cc(Cl)cc(C#N)c2)cc1OC. The van der Waals surface area contributed by atoms with Crippen molar-refractivity contribution in [3.63, 3.8) is 0 Å². The van der Waals surface area contributed by atoms with E-state index in [2.05, 4.69) is 25.5 Å². The Morgan fingerprint density at radius 1 is 1.18 bits per heavy atom. The van der Waals surface area contributed by atoms with Gasteiger partial charge in [0.25, 0.3) is 10.0 Å². The average Bonchev–Trinajstić information content (AvgIpc) is 3.41. The third kappa shape index (κ3) is 5.57. The van der Waals surface area contributed by atoms with Crippen LogP contribution in [0.3, 0.4) is 0 Å². The van der Waals surface area contributed by atoms with Crippen molar-refractivity contribution in [3.05, 3.63) is 76.6 Å². The minimum Gasteiger partial charge on any atom is -0.495 e. The van der Waals surface area contributed by atoms with Crippen molar-refractivity contribution in [1.29, 1.82) is 5.26 Å². The number of carbonyl (C=O) groups excluding carboxylic acids is 1. The van der Waals surface area contributed by atoms with E-state index >= 15 is 0 Å². The lowest BCUT2D eigenvalue weighted by Gasteiger charge is -2.24. The number of hydrogen-bond acceptors (Lipinski definition) is 8.